The summed E-state index contributed by atoms with van der Waals surface area (Å²) in [5.41, 5.74) is 4.64. The van der Waals surface area contributed by atoms with Crippen molar-refractivity contribution in [2.24, 2.45) is 11.8 Å². The molecule has 3 aromatic rings. The zero-order valence-corrected chi connectivity index (χ0v) is 19.8. The summed E-state index contributed by atoms with van der Waals surface area (Å²) in [5, 5.41) is 7.85. The summed E-state index contributed by atoms with van der Waals surface area (Å²) in [4.78, 5) is 9.58. The molecule has 0 amide bonds. The van der Waals surface area contributed by atoms with Crippen molar-refractivity contribution in [1.82, 2.24) is 9.97 Å². The average Bonchev–Trinajstić information content (AvgIpc) is 2.81. The van der Waals surface area contributed by atoms with Gasteiger partial charge < -0.3 is 10.6 Å². The Morgan fingerprint density at radius 2 is 1.65 bits per heavy atom. The van der Waals surface area contributed by atoms with Crippen LogP contribution in [0, 0.1) is 18.8 Å². The third-order valence-corrected chi connectivity index (χ3v) is 7.51. The summed E-state index contributed by atoms with van der Waals surface area (Å²) in [6, 6.07) is 15.1. The fourth-order valence-corrected chi connectivity index (χ4v) is 5.35. The van der Waals surface area contributed by atoms with Gasteiger partial charge in [0.05, 0.1) is 5.52 Å². The number of thioether (sulfide) groups is 1. The van der Waals surface area contributed by atoms with Crippen molar-refractivity contribution < 1.29 is 0 Å². The molecule has 0 aliphatic heterocycles. The standard InChI is InChI=1S/C26H34N4S/c1-4-31-17-20-9-7-19(8-10-20)16-28-26-29-24-14-13-22(15-23(24)25(27-3)30-26)21-11-5-18(2)6-12-21/h5-6,11-15,19-20H,4,7-10,16-17H2,1-3H3,(H2,27,28,29,30)/t19-,20-. The molecule has 2 N–H and O–H groups in total. The zero-order chi connectivity index (χ0) is 21.6. The van der Waals surface area contributed by atoms with Crippen LogP contribution < -0.4 is 10.6 Å². The Hall–Kier alpha value is -2.27. The highest BCUT2D eigenvalue weighted by molar-refractivity contribution is 7.99. The fourth-order valence-electron chi connectivity index (χ4n) is 4.45. The third-order valence-electron chi connectivity index (χ3n) is 6.39. The number of hydrogen-bond acceptors (Lipinski definition) is 5. The van der Waals surface area contributed by atoms with Gasteiger partial charge in [-0.1, -0.05) is 42.8 Å². The first-order chi connectivity index (χ1) is 15.2. The van der Waals surface area contributed by atoms with Crippen molar-refractivity contribution >= 4 is 34.4 Å². The molecule has 0 atom stereocenters. The van der Waals surface area contributed by atoms with Crippen LogP contribution in [0.4, 0.5) is 11.8 Å². The summed E-state index contributed by atoms with van der Waals surface area (Å²) in [6.45, 7) is 5.33. The molecule has 2 aromatic carbocycles. The largest absolute Gasteiger partial charge is 0.372 e. The Morgan fingerprint density at radius 3 is 2.35 bits per heavy atom. The van der Waals surface area contributed by atoms with Crippen molar-refractivity contribution in [3.8, 4) is 11.1 Å². The van der Waals surface area contributed by atoms with Gasteiger partial charge in [0.2, 0.25) is 5.95 Å². The van der Waals surface area contributed by atoms with E-state index in [1.54, 1.807) is 0 Å². The molecule has 1 aliphatic carbocycles. The molecule has 164 valence electrons. The highest BCUT2D eigenvalue weighted by atomic mass is 32.2. The maximum atomic E-state index is 4.81. The summed E-state index contributed by atoms with van der Waals surface area (Å²) < 4.78 is 0. The van der Waals surface area contributed by atoms with Crippen molar-refractivity contribution in [2.75, 3.05) is 35.7 Å². The molecule has 0 saturated heterocycles. The maximum Gasteiger partial charge on any atom is 0.225 e. The predicted octanol–water partition coefficient (Wildman–Crippen LogP) is 6.62. The van der Waals surface area contributed by atoms with E-state index >= 15 is 0 Å². The van der Waals surface area contributed by atoms with E-state index in [-0.39, 0.29) is 0 Å². The molecule has 1 heterocycles. The van der Waals surface area contributed by atoms with Gasteiger partial charge in [-0.3, -0.25) is 0 Å². The monoisotopic (exact) mass is 434 g/mol. The normalized spacial score (nSPS) is 18.8. The summed E-state index contributed by atoms with van der Waals surface area (Å²) in [5.74, 6) is 5.81. The molecule has 4 nitrogen and oxygen atoms in total. The van der Waals surface area contributed by atoms with Crippen molar-refractivity contribution in [3.63, 3.8) is 0 Å². The molecule has 31 heavy (non-hydrogen) atoms. The second-order valence-electron chi connectivity index (χ2n) is 8.67. The number of benzene rings is 2. The van der Waals surface area contributed by atoms with Crippen LogP contribution in [-0.4, -0.2) is 35.1 Å². The van der Waals surface area contributed by atoms with E-state index in [0.717, 1.165) is 41.0 Å². The predicted molar refractivity (Wildman–Crippen MR) is 136 cm³/mol. The first-order valence-electron chi connectivity index (χ1n) is 11.5. The molecular formula is C26H34N4S. The fraction of sp³-hybridized carbons (Fsp3) is 0.462. The molecule has 1 aliphatic rings. The lowest BCUT2D eigenvalue weighted by Crippen LogP contribution is -2.23. The molecule has 5 heteroatoms. The van der Waals surface area contributed by atoms with Crippen LogP contribution >= 0.6 is 11.8 Å². The third kappa shape index (κ3) is 5.51. The van der Waals surface area contributed by atoms with Gasteiger partial charge >= 0.3 is 0 Å². The smallest absolute Gasteiger partial charge is 0.225 e. The molecule has 1 aromatic heterocycles. The lowest BCUT2D eigenvalue weighted by molar-refractivity contribution is 0.304. The van der Waals surface area contributed by atoms with E-state index in [2.05, 4.69) is 78.7 Å². The number of fused-ring (bicyclic) bond motifs is 1. The second-order valence-corrected chi connectivity index (χ2v) is 9.99. The number of aryl methyl sites for hydroxylation is 1. The zero-order valence-electron chi connectivity index (χ0n) is 18.9. The van der Waals surface area contributed by atoms with Gasteiger partial charge in [0.15, 0.2) is 0 Å². The quantitative estimate of drug-likeness (QED) is 0.417. The Bertz CT molecular complexity index is 994. The first kappa shape index (κ1) is 21.9. The molecular weight excluding hydrogens is 400 g/mol. The van der Waals surface area contributed by atoms with Gasteiger partial charge in [-0.05, 0) is 79.2 Å². The number of rotatable bonds is 8. The molecule has 0 radical (unpaired) electrons. The Kier molecular flexibility index (Phi) is 7.33. The second kappa shape index (κ2) is 10.4. The van der Waals surface area contributed by atoms with Gasteiger partial charge in [0.1, 0.15) is 5.82 Å². The topological polar surface area (TPSA) is 49.8 Å². The van der Waals surface area contributed by atoms with Gasteiger partial charge in [0, 0.05) is 19.0 Å². The molecule has 4 rings (SSSR count). The van der Waals surface area contributed by atoms with E-state index < -0.39 is 0 Å². The average molecular weight is 435 g/mol. The van der Waals surface area contributed by atoms with E-state index in [1.807, 2.05) is 7.05 Å². The number of nitrogens with zero attached hydrogens (tertiary/aromatic N) is 2. The Labute approximate surface area is 190 Å². The number of anilines is 2. The highest BCUT2D eigenvalue weighted by Crippen LogP contribution is 2.32. The molecule has 0 spiro atoms. The van der Waals surface area contributed by atoms with Crippen LogP contribution in [0.1, 0.15) is 38.2 Å². The van der Waals surface area contributed by atoms with E-state index in [4.69, 9.17) is 9.97 Å². The first-order valence-corrected chi connectivity index (χ1v) is 12.7. The lowest BCUT2D eigenvalue weighted by Gasteiger charge is -2.28. The summed E-state index contributed by atoms with van der Waals surface area (Å²) >= 11 is 2.09. The Balaban J connectivity index is 1.45. The highest BCUT2D eigenvalue weighted by Gasteiger charge is 2.21. The number of nitrogens with one attached hydrogen (secondary N) is 2. The molecule has 0 bridgehead atoms. The van der Waals surface area contributed by atoms with Gasteiger partial charge in [-0.15, -0.1) is 0 Å². The Morgan fingerprint density at radius 1 is 0.935 bits per heavy atom. The van der Waals surface area contributed by atoms with Crippen LogP contribution in [0.15, 0.2) is 42.5 Å². The van der Waals surface area contributed by atoms with Crippen LogP contribution in [0.5, 0.6) is 0 Å². The minimum Gasteiger partial charge on any atom is -0.372 e. The van der Waals surface area contributed by atoms with Gasteiger partial charge in [-0.25, -0.2) is 4.98 Å². The van der Waals surface area contributed by atoms with Crippen molar-refractivity contribution in [2.45, 2.75) is 39.5 Å². The minimum absolute atomic E-state index is 0.726. The van der Waals surface area contributed by atoms with Crippen molar-refractivity contribution in [3.05, 3.63) is 48.0 Å². The number of aromatic nitrogens is 2. The van der Waals surface area contributed by atoms with Crippen LogP contribution in [0.25, 0.3) is 22.0 Å². The van der Waals surface area contributed by atoms with Gasteiger partial charge in [0.25, 0.3) is 0 Å². The molecule has 1 fully saturated rings. The van der Waals surface area contributed by atoms with Gasteiger partial charge in [-0.2, -0.15) is 16.7 Å². The van der Waals surface area contributed by atoms with Crippen LogP contribution in [0.3, 0.4) is 0 Å². The summed E-state index contributed by atoms with van der Waals surface area (Å²) in [7, 11) is 1.93. The maximum absolute atomic E-state index is 4.81. The van der Waals surface area contributed by atoms with E-state index in [1.165, 1.54) is 53.9 Å². The van der Waals surface area contributed by atoms with Crippen LogP contribution in [-0.2, 0) is 0 Å². The van der Waals surface area contributed by atoms with Crippen molar-refractivity contribution in [1.29, 1.82) is 0 Å². The van der Waals surface area contributed by atoms with E-state index in [0.29, 0.717) is 0 Å². The van der Waals surface area contributed by atoms with E-state index in [9.17, 15) is 0 Å². The SMILES string of the molecule is CCSC[C@H]1CC[C@H](CNc2nc(NC)c3cc(-c4ccc(C)cc4)ccc3n2)CC1. The molecule has 0 unspecified atom stereocenters. The minimum atomic E-state index is 0.726. The summed E-state index contributed by atoms with van der Waals surface area (Å²) in [6.07, 6.45) is 5.35. The molecule has 1 saturated carbocycles. The van der Waals surface area contributed by atoms with Crippen LogP contribution in [0.2, 0.25) is 0 Å². The number of hydrogen-bond donors (Lipinski definition) is 2. The lowest BCUT2D eigenvalue weighted by atomic mass is 9.83.